The summed E-state index contributed by atoms with van der Waals surface area (Å²) >= 11 is 1.49. The third-order valence-corrected chi connectivity index (χ3v) is 7.16. The number of carbonyl (C=O) groups excluding carboxylic acids is 1. The summed E-state index contributed by atoms with van der Waals surface area (Å²) in [4.78, 5) is 22.6. The molecule has 2 N–H and O–H groups in total. The highest BCUT2D eigenvalue weighted by atomic mass is 32.1. The molecule has 0 bridgehead atoms. The number of likely N-dealkylation sites (N-methyl/N-ethyl adjacent to an activating group) is 1. The molecule has 0 spiro atoms. The van der Waals surface area contributed by atoms with Gasteiger partial charge in [-0.05, 0) is 66.6 Å². The molecule has 3 aromatic rings. The third kappa shape index (κ3) is 6.73. The van der Waals surface area contributed by atoms with Crippen LogP contribution in [0.1, 0.15) is 52.0 Å². The van der Waals surface area contributed by atoms with E-state index in [9.17, 15) is 4.79 Å². The molecule has 190 valence electrons. The lowest BCUT2D eigenvalue weighted by Crippen LogP contribution is -2.37. The predicted octanol–water partition coefficient (Wildman–Crippen LogP) is 4.41. The van der Waals surface area contributed by atoms with Crippen molar-refractivity contribution in [2.24, 2.45) is 0 Å². The smallest absolute Gasteiger partial charge is 0.239 e. The van der Waals surface area contributed by atoms with Crippen LogP contribution in [0.25, 0.3) is 16.2 Å². The largest absolute Gasteiger partial charge is 0.364 e. The average Bonchev–Trinajstić information content (AvgIpc) is 3.37. The first-order valence-corrected chi connectivity index (χ1v) is 13.5. The average molecular weight is 498 g/mol. The molecule has 1 fully saturated rings. The van der Waals surface area contributed by atoms with E-state index in [1.54, 1.807) is 0 Å². The summed E-state index contributed by atoms with van der Waals surface area (Å²) < 4.78 is 1.87. The lowest BCUT2D eigenvalue weighted by atomic mass is 10.1. The molecule has 1 aliphatic heterocycles. The van der Waals surface area contributed by atoms with E-state index in [1.807, 2.05) is 16.5 Å². The molecule has 1 aliphatic rings. The summed E-state index contributed by atoms with van der Waals surface area (Å²) in [6.07, 6.45) is 4.94. The topological polar surface area (TPSA) is 77.8 Å². The Labute approximate surface area is 212 Å². The fourth-order valence-corrected chi connectivity index (χ4v) is 5.19. The van der Waals surface area contributed by atoms with Gasteiger partial charge in [0, 0.05) is 24.7 Å². The molecule has 0 aliphatic carbocycles. The van der Waals surface area contributed by atoms with Crippen molar-refractivity contribution in [3.63, 3.8) is 0 Å². The molecular formula is C26H39N7OS. The Hall–Kier alpha value is -2.65. The Morgan fingerprint density at radius 2 is 1.86 bits per heavy atom. The van der Waals surface area contributed by atoms with E-state index in [0.717, 1.165) is 40.1 Å². The van der Waals surface area contributed by atoms with Gasteiger partial charge in [0.25, 0.3) is 0 Å². The van der Waals surface area contributed by atoms with Gasteiger partial charge in [-0.25, -0.2) is 4.98 Å². The van der Waals surface area contributed by atoms with Crippen LogP contribution in [-0.4, -0.2) is 70.7 Å². The molecule has 1 amide bonds. The van der Waals surface area contributed by atoms with Crippen LogP contribution < -0.4 is 15.5 Å². The van der Waals surface area contributed by atoms with E-state index < -0.39 is 0 Å². The second kappa shape index (κ2) is 11.0. The molecule has 35 heavy (non-hydrogen) atoms. The second-order valence-electron chi connectivity index (χ2n) is 10.6. The van der Waals surface area contributed by atoms with Gasteiger partial charge in [-0.3, -0.25) is 4.79 Å². The van der Waals surface area contributed by atoms with E-state index in [0.29, 0.717) is 6.54 Å². The van der Waals surface area contributed by atoms with Crippen LogP contribution in [0.4, 0.5) is 10.9 Å². The molecule has 1 saturated heterocycles. The SMILES string of the molecule is Cc1ccc(-c2nc3sc(N(C)CC(=O)NCCCN4CCCCC4)nn3c2NC(C)(C)C)cc1. The first kappa shape index (κ1) is 25.4. The maximum atomic E-state index is 12.5. The third-order valence-electron chi connectivity index (χ3n) is 6.14. The molecule has 0 saturated carbocycles. The maximum absolute atomic E-state index is 12.5. The predicted molar refractivity (Wildman–Crippen MR) is 146 cm³/mol. The number of likely N-dealkylation sites (tertiary alicyclic amines) is 1. The number of hydrogen-bond acceptors (Lipinski definition) is 7. The Kier molecular flexibility index (Phi) is 7.96. The molecule has 2 aromatic heterocycles. The summed E-state index contributed by atoms with van der Waals surface area (Å²) in [7, 11) is 1.91. The zero-order valence-electron chi connectivity index (χ0n) is 21.7. The van der Waals surface area contributed by atoms with Crippen molar-refractivity contribution in [3.05, 3.63) is 29.8 Å². The van der Waals surface area contributed by atoms with Crippen LogP contribution in [0.2, 0.25) is 0 Å². The molecule has 0 atom stereocenters. The minimum Gasteiger partial charge on any atom is -0.364 e. The monoisotopic (exact) mass is 497 g/mol. The summed E-state index contributed by atoms with van der Waals surface area (Å²) in [5.41, 5.74) is 3.00. The number of rotatable bonds is 9. The number of nitrogens with zero attached hydrogens (tertiary/aromatic N) is 5. The van der Waals surface area contributed by atoms with Crippen molar-refractivity contribution in [1.29, 1.82) is 0 Å². The Bertz CT molecular complexity index is 1120. The van der Waals surface area contributed by atoms with E-state index in [1.165, 1.54) is 49.3 Å². The minimum atomic E-state index is -0.154. The first-order valence-electron chi connectivity index (χ1n) is 12.6. The van der Waals surface area contributed by atoms with Crippen LogP contribution in [-0.2, 0) is 4.79 Å². The minimum absolute atomic E-state index is 0.0207. The van der Waals surface area contributed by atoms with E-state index in [4.69, 9.17) is 10.1 Å². The van der Waals surface area contributed by atoms with Crippen molar-refractivity contribution in [1.82, 2.24) is 24.8 Å². The number of carbonyl (C=O) groups is 1. The van der Waals surface area contributed by atoms with Gasteiger partial charge < -0.3 is 20.4 Å². The quantitative estimate of drug-likeness (QED) is 0.427. The molecule has 9 heteroatoms. The number of fused-ring (bicyclic) bond motifs is 1. The first-order chi connectivity index (χ1) is 16.7. The van der Waals surface area contributed by atoms with Crippen LogP contribution in [0.3, 0.4) is 0 Å². The Morgan fingerprint density at radius 3 is 2.54 bits per heavy atom. The van der Waals surface area contributed by atoms with Gasteiger partial charge >= 0.3 is 0 Å². The zero-order valence-corrected chi connectivity index (χ0v) is 22.5. The van der Waals surface area contributed by atoms with Crippen LogP contribution in [0.5, 0.6) is 0 Å². The molecule has 4 rings (SSSR count). The second-order valence-corrected chi connectivity index (χ2v) is 11.5. The van der Waals surface area contributed by atoms with Crippen molar-refractivity contribution in [2.75, 3.05) is 50.0 Å². The number of anilines is 2. The van der Waals surface area contributed by atoms with E-state index >= 15 is 0 Å². The number of piperidine rings is 1. The summed E-state index contributed by atoms with van der Waals surface area (Å²) in [6, 6.07) is 8.39. The van der Waals surface area contributed by atoms with Gasteiger partial charge in [-0.15, -0.1) is 5.10 Å². The summed E-state index contributed by atoms with van der Waals surface area (Å²) in [5.74, 6) is 0.891. The zero-order chi connectivity index (χ0) is 25.0. The van der Waals surface area contributed by atoms with Crippen LogP contribution >= 0.6 is 11.3 Å². The Balaban J connectivity index is 1.41. The van der Waals surface area contributed by atoms with E-state index in [-0.39, 0.29) is 18.0 Å². The van der Waals surface area contributed by atoms with Gasteiger partial charge in [0.2, 0.25) is 16.0 Å². The highest BCUT2D eigenvalue weighted by Crippen LogP contribution is 2.34. The lowest BCUT2D eigenvalue weighted by molar-refractivity contribution is -0.119. The maximum Gasteiger partial charge on any atom is 0.239 e. The summed E-state index contributed by atoms with van der Waals surface area (Å²) in [5, 5.41) is 12.2. The van der Waals surface area contributed by atoms with Crippen molar-refractivity contribution >= 4 is 33.2 Å². The van der Waals surface area contributed by atoms with Gasteiger partial charge in [-0.1, -0.05) is 47.6 Å². The fraction of sp³-hybridized carbons (Fsp3) is 0.577. The van der Waals surface area contributed by atoms with E-state index in [2.05, 4.69) is 67.5 Å². The normalized spacial score (nSPS) is 14.9. The summed E-state index contributed by atoms with van der Waals surface area (Å²) in [6.45, 7) is 12.9. The number of hydrogen-bond donors (Lipinski definition) is 2. The fourth-order valence-electron chi connectivity index (χ4n) is 4.33. The molecule has 0 radical (unpaired) electrons. The van der Waals surface area contributed by atoms with Gasteiger partial charge in [0.05, 0.1) is 6.54 Å². The number of imidazole rings is 1. The van der Waals surface area contributed by atoms with Gasteiger partial charge in [-0.2, -0.15) is 4.52 Å². The molecule has 8 nitrogen and oxygen atoms in total. The number of aryl methyl sites for hydroxylation is 1. The number of amides is 1. The number of nitrogens with one attached hydrogen (secondary N) is 2. The number of benzene rings is 1. The Morgan fingerprint density at radius 1 is 1.14 bits per heavy atom. The van der Waals surface area contributed by atoms with Crippen molar-refractivity contribution < 1.29 is 4.79 Å². The molecule has 0 unspecified atom stereocenters. The highest BCUT2D eigenvalue weighted by molar-refractivity contribution is 7.20. The molecular weight excluding hydrogens is 458 g/mol. The highest BCUT2D eigenvalue weighted by Gasteiger charge is 2.23. The number of aromatic nitrogens is 3. The van der Waals surface area contributed by atoms with Gasteiger partial charge in [0.1, 0.15) is 5.69 Å². The van der Waals surface area contributed by atoms with Crippen molar-refractivity contribution in [2.45, 2.75) is 58.9 Å². The molecule has 1 aromatic carbocycles. The lowest BCUT2D eigenvalue weighted by Gasteiger charge is -2.26. The van der Waals surface area contributed by atoms with Crippen molar-refractivity contribution in [3.8, 4) is 11.3 Å². The van der Waals surface area contributed by atoms with Crippen LogP contribution in [0.15, 0.2) is 24.3 Å². The standard InChI is InChI=1S/C26H39N7OS/c1-19-10-12-20(13-11-19)22-23(29-26(2,3)4)33-24(28-22)35-25(30-33)31(5)18-21(34)27-14-9-17-32-15-7-6-8-16-32/h10-13,29H,6-9,14-18H2,1-5H3,(H,27,34). The van der Waals surface area contributed by atoms with Gasteiger partial charge in [0.15, 0.2) is 5.82 Å². The van der Waals surface area contributed by atoms with Crippen LogP contribution in [0, 0.1) is 6.92 Å². The molecule has 3 heterocycles.